The number of methoxy groups -OCH3 is 1. The van der Waals surface area contributed by atoms with E-state index in [1.807, 2.05) is 36.2 Å². The number of likely N-dealkylation sites (tertiary alicyclic amines) is 1. The Morgan fingerprint density at radius 3 is 2.08 bits per heavy atom. The third-order valence-corrected chi connectivity index (χ3v) is 4.07. The van der Waals surface area contributed by atoms with Gasteiger partial charge in [0, 0.05) is 20.1 Å². The zero-order chi connectivity index (χ0) is 19.5. The maximum atomic E-state index is 12.1. The first-order valence-electron chi connectivity index (χ1n) is 8.39. The molecule has 1 saturated heterocycles. The molecule has 2 N–H and O–H groups in total. The van der Waals surface area contributed by atoms with Gasteiger partial charge in [0.25, 0.3) is 0 Å². The number of carboxylic acids is 2. The van der Waals surface area contributed by atoms with E-state index in [1.165, 1.54) is 25.9 Å². The van der Waals surface area contributed by atoms with Crippen LogP contribution in [0, 0.1) is 0 Å². The predicted octanol–water partition coefficient (Wildman–Crippen LogP) is 0.947. The topological polar surface area (TPSA) is 107 Å². The fourth-order valence-electron chi connectivity index (χ4n) is 2.48. The quantitative estimate of drug-likeness (QED) is 0.722. The average Bonchev–Trinajstić information content (AvgIpc) is 3.14. The van der Waals surface area contributed by atoms with Gasteiger partial charge in [0.2, 0.25) is 5.91 Å². The Labute approximate surface area is 153 Å². The molecule has 8 nitrogen and oxygen atoms in total. The van der Waals surface area contributed by atoms with Gasteiger partial charge in [-0.1, -0.05) is 12.1 Å². The smallest absolute Gasteiger partial charge is 0.414 e. The molecule has 0 aliphatic carbocycles. The Bertz CT molecular complexity index is 584. The number of hydrogen-bond donors (Lipinski definition) is 2. The molecular weight excluding hydrogens is 340 g/mol. The first-order valence-corrected chi connectivity index (χ1v) is 8.39. The van der Waals surface area contributed by atoms with E-state index < -0.39 is 11.9 Å². The van der Waals surface area contributed by atoms with Crippen LogP contribution in [0.25, 0.3) is 0 Å². The summed E-state index contributed by atoms with van der Waals surface area (Å²) in [5, 5.41) is 14.8. The molecule has 1 aromatic carbocycles. The fraction of sp³-hybridized carbons (Fsp3) is 0.500. The highest BCUT2D eigenvalue weighted by molar-refractivity contribution is 6.27. The minimum atomic E-state index is -1.82. The van der Waals surface area contributed by atoms with Crippen molar-refractivity contribution >= 4 is 17.8 Å². The number of carboxylic acid groups (broad SMARTS) is 2. The lowest BCUT2D eigenvalue weighted by Gasteiger charge is -2.21. The van der Waals surface area contributed by atoms with Crippen molar-refractivity contribution in [3.05, 3.63) is 29.8 Å². The number of aliphatic carboxylic acids is 2. The normalized spacial score (nSPS) is 13.5. The summed E-state index contributed by atoms with van der Waals surface area (Å²) in [5.74, 6) is -2.65. The predicted molar refractivity (Wildman–Crippen MR) is 95.3 cm³/mol. The summed E-state index contributed by atoms with van der Waals surface area (Å²) in [6.45, 7) is 4.17. The molecule has 0 aromatic heterocycles. The minimum absolute atomic E-state index is 0.175. The fourth-order valence-corrected chi connectivity index (χ4v) is 2.48. The first-order chi connectivity index (χ1) is 12.3. The Balaban J connectivity index is 0.000000487. The van der Waals surface area contributed by atoms with Crippen LogP contribution in [0.3, 0.4) is 0 Å². The van der Waals surface area contributed by atoms with Crippen molar-refractivity contribution in [3.8, 4) is 5.75 Å². The lowest BCUT2D eigenvalue weighted by atomic mass is 10.1. The van der Waals surface area contributed by atoms with Crippen molar-refractivity contribution in [3.63, 3.8) is 0 Å². The molecule has 144 valence electrons. The number of nitrogens with zero attached hydrogens (tertiary/aromatic N) is 2. The number of likely N-dealkylation sites (N-methyl/N-ethyl adjacent to an activating group) is 1. The molecule has 1 aromatic rings. The largest absolute Gasteiger partial charge is 0.497 e. The molecule has 0 radical (unpaired) electrons. The molecule has 8 heteroatoms. The molecule has 1 fully saturated rings. The third kappa shape index (κ3) is 7.98. The van der Waals surface area contributed by atoms with E-state index in [0.29, 0.717) is 6.42 Å². The summed E-state index contributed by atoms with van der Waals surface area (Å²) in [4.78, 5) is 34.6. The van der Waals surface area contributed by atoms with Crippen LogP contribution in [0.1, 0.15) is 18.4 Å². The third-order valence-electron chi connectivity index (χ3n) is 4.07. The minimum Gasteiger partial charge on any atom is -0.497 e. The van der Waals surface area contributed by atoms with Gasteiger partial charge in [-0.15, -0.1) is 0 Å². The summed E-state index contributed by atoms with van der Waals surface area (Å²) < 4.78 is 5.12. The van der Waals surface area contributed by atoms with Crippen molar-refractivity contribution in [2.24, 2.45) is 0 Å². The van der Waals surface area contributed by atoms with E-state index in [1.54, 1.807) is 7.11 Å². The first kappa shape index (κ1) is 21.4. The van der Waals surface area contributed by atoms with E-state index in [4.69, 9.17) is 24.5 Å². The molecule has 2 rings (SSSR count). The van der Waals surface area contributed by atoms with Crippen molar-refractivity contribution in [1.82, 2.24) is 9.80 Å². The summed E-state index contributed by atoms with van der Waals surface area (Å²) in [6.07, 6.45) is 3.05. The van der Waals surface area contributed by atoms with Gasteiger partial charge < -0.3 is 24.7 Å². The van der Waals surface area contributed by atoms with Gasteiger partial charge in [-0.2, -0.15) is 0 Å². The Hall–Kier alpha value is -2.61. The molecular formula is C18H26N2O6. The lowest BCUT2D eigenvalue weighted by molar-refractivity contribution is -0.159. The maximum absolute atomic E-state index is 12.1. The molecule has 0 saturated carbocycles. The molecule has 0 atom stereocenters. The van der Waals surface area contributed by atoms with E-state index >= 15 is 0 Å². The summed E-state index contributed by atoms with van der Waals surface area (Å²) in [7, 11) is 3.54. The lowest BCUT2D eigenvalue weighted by Crippen LogP contribution is -2.35. The van der Waals surface area contributed by atoms with Gasteiger partial charge >= 0.3 is 11.9 Å². The Morgan fingerprint density at radius 1 is 1.08 bits per heavy atom. The van der Waals surface area contributed by atoms with E-state index in [-0.39, 0.29) is 5.91 Å². The molecule has 1 heterocycles. The van der Waals surface area contributed by atoms with Crippen LogP contribution in [-0.2, 0) is 20.8 Å². The number of amides is 1. The van der Waals surface area contributed by atoms with E-state index in [2.05, 4.69) is 4.90 Å². The van der Waals surface area contributed by atoms with Gasteiger partial charge in [0.15, 0.2) is 0 Å². The van der Waals surface area contributed by atoms with E-state index in [0.717, 1.165) is 24.4 Å². The highest BCUT2D eigenvalue weighted by Gasteiger charge is 2.14. The molecule has 26 heavy (non-hydrogen) atoms. The Kier molecular flexibility index (Phi) is 9.14. The van der Waals surface area contributed by atoms with Crippen LogP contribution >= 0.6 is 0 Å². The molecule has 1 amide bonds. The second-order valence-electron chi connectivity index (χ2n) is 6.00. The van der Waals surface area contributed by atoms with Crippen LogP contribution in [0.2, 0.25) is 0 Å². The van der Waals surface area contributed by atoms with E-state index in [9.17, 15) is 4.79 Å². The van der Waals surface area contributed by atoms with Crippen LogP contribution < -0.4 is 4.74 Å². The molecule has 0 spiro atoms. The standard InChI is InChI=1S/C16H24N2O2.C2H2O4/c1-17(11-12-18-9-3-4-10-18)16(19)13-14-5-7-15(20-2)8-6-14;3-1(4)2(5)6/h5-8H,3-4,9-13H2,1-2H3;(H,3,4)(H,5,6). The van der Waals surface area contributed by atoms with Crippen molar-refractivity contribution in [1.29, 1.82) is 0 Å². The van der Waals surface area contributed by atoms with Crippen molar-refractivity contribution in [2.45, 2.75) is 19.3 Å². The van der Waals surface area contributed by atoms with Gasteiger partial charge in [0.05, 0.1) is 13.5 Å². The van der Waals surface area contributed by atoms with Crippen LogP contribution in [0.5, 0.6) is 5.75 Å². The average molecular weight is 366 g/mol. The zero-order valence-electron chi connectivity index (χ0n) is 15.2. The van der Waals surface area contributed by atoms with Crippen molar-refractivity contribution in [2.75, 3.05) is 40.3 Å². The summed E-state index contributed by atoms with van der Waals surface area (Å²) in [5.41, 5.74) is 1.03. The molecule has 1 aliphatic rings. The highest BCUT2D eigenvalue weighted by atomic mass is 16.5. The van der Waals surface area contributed by atoms with Gasteiger partial charge in [-0.25, -0.2) is 9.59 Å². The number of benzene rings is 1. The van der Waals surface area contributed by atoms with Crippen LogP contribution in [0.4, 0.5) is 0 Å². The Morgan fingerprint density at radius 2 is 1.62 bits per heavy atom. The molecule has 0 unspecified atom stereocenters. The highest BCUT2D eigenvalue weighted by Crippen LogP contribution is 2.12. The number of carbonyl (C=O) groups excluding carboxylic acids is 1. The molecule has 1 aliphatic heterocycles. The number of rotatable bonds is 6. The van der Waals surface area contributed by atoms with Crippen LogP contribution in [0.15, 0.2) is 24.3 Å². The van der Waals surface area contributed by atoms with Gasteiger partial charge in [0.1, 0.15) is 5.75 Å². The molecule has 0 bridgehead atoms. The monoisotopic (exact) mass is 366 g/mol. The number of ether oxygens (including phenoxy) is 1. The SMILES string of the molecule is COc1ccc(CC(=O)N(C)CCN2CCCC2)cc1.O=C(O)C(=O)O. The van der Waals surface area contributed by atoms with Gasteiger partial charge in [-0.3, -0.25) is 4.79 Å². The van der Waals surface area contributed by atoms with Crippen LogP contribution in [-0.4, -0.2) is 78.2 Å². The second kappa shape index (κ2) is 11.1. The maximum Gasteiger partial charge on any atom is 0.414 e. The van der Waals surface area contributed by atoms with Gasteiger partial charge in [-0.05, 0) is 43.6 Å². The summed E-state index contributed by atoms with van der Waals surface area (Å²) in [6, 6.07) is 7.69. The van der Waals surface area contributed by atoms with Crippen molar-refractivity contribution < 1.29 is 29.3 Å². The second-order valence-corrected chi connectivity index (χ2v) is 6.00. The number of hydrogen-bond acceptors (Lipinski definition) is 5. The zero-order valence-corrected chi connectivity index (χ0v) is 15.2. The summed E-state index contributed by atoms with van der Waals surface area (Å²) >= 11 is 0. The number of carbonyl (C=O) groups is 3.